The second kappa shape index (κ2) is 8.54. The van der Waals surface area contributed by atoms with Gasteiger partial charge in [0.15, 0.2) is 5.65 Å². The maximum atomic E-state index is 14.2. The maximum Gasteiger partial charge on any atom is 0.416 e. The van der Waals surface area contributed by atoms with Gasteiger partial charge in [0, 0.05) is 23.4 Å². The summed E-state index contributed by atoms with van der Waals surface area (Å²) in [5.41, 5.74) is 7.33. The van der Waals surface area contributed by atoms with E-state index in [2.05, 4.69) is 20.3 Å². The predicted molar refractivity (Wildman–Crippen MR) is 128 cm³/mol. The number of nitrogens with two attached hydrogens (primary N) is 1. The topological polar surface area (TPSA) is 116 Å². The van der Waals surface area contributed by atoms with Gasteiger partial charge in [0.05, 0.1) is 22.8 Å². The molecular formula is C24H20F4N8O. The fourth-order valence-corrected chi connectivity index (χ4v) is 4.14. The highest BCUT2D eigenvalue weighted by Crippen LogP contribution is 2.35. The van der Waals surface area contributed by atoms with Gasteiger partial charge in [0.1, 0.15) is 35.0 Å². The zero-order valence-electron chi connectivity index (χ0n) is 19.8. The predicted octanol–water partition coefficient (Wildman–Crippen LogP) is 5.02. The first-order valence-corrected chi connectivity index (χ1v) is 11.1. The SMILES string of the molecule is Cc1c(-c2nn(C(C)C)c3ncnc(N)c23)ccn2c(C(=O)Nc3cc(C(F)(F)F)ccc3F)cnc12. The van der Waals surface area contributed by atoms with Crippen LogP contribution in [0.25, 0.3) is 27.9 Å². The van der Waals surface area contributed by atoms with Gasteiger partial charge in [-0.3, -0.25) is 9.20 Å². The molecule has 0 aliphatic heterocycles. The number of amides is 1. The number of pyridine rings is 1. The van der Waals surface area contributed by atoms with Crippen LogP contribution >= 0.6 is 0 Å². The highest BCUT2D eigenvalue weighted by Gasteiger charge is 2.31. The van der Waals surface area contributed by atoms with E-state index in [4.69, 9.17) is 10.8 Å². The number of fused-ring (bicyclic) bond motifs is 2. The molecule has 0 aliphatic rings. The summed E-state index contributed by atoms with van der Waals surface area (Å²) in [6.07, 6.45) is -0.493. The number of hydrogen-bond acceptors (Lipinski definition) is 6. The van der Waals surface area contributed by atoms with Gasteiger partial charge >= 0.3 is 6.18 Å². The molecule has 190 valence electrons. The van der Waals surface area contributed by atoms with Crippen molar-refractivity contribution < 1.29 is 22.4 Å². The van der Waals surface area contributed by atoms with E-state index in [0.717, 1.165) is 0 Å². The van der Waals surface area contributed by atoms with E-state index in [1.54, 1.807) is 23.9 Å². The zero-order chi connectivity index (χ0) is 26.6. The molecule has 1 aromatic carbocycles. The number of nitrogens with zero attached hydrogens (tertiary/aromatic N) is 6. The largest absolute Gasteiger partial charge is 0.416 e. The van der Waals surface area contributed by atoms with E-state index < -0.39 is 29.2 Å². The number of nitrogen functional groups attached to an aromatic ring is 1. The standard InChI is InChI=1S/C24H20F4N8O/c1-11(2)36-22-18(20(29)31-10-32-22)19(34-36)14-6-7-35-17(9-30-21(35)12(14)3)23(37)33-16-8-13(24(26,27)28)4-5-15(16)25/h4-11H,1-3H3,(H,33,37)(H2,29,31,32). The zero-order valence-corrected chi connectivity index (χ0v) is 19.8. The van der Waals surface area contributed by atoms with E-state index >= 15 is 0 Å². The van der Waals surface area contributed by atoms with Gasteiger partial charge in [-0.05, 0) is 45.0 Å². The molecule has 0 unspecified atom stereocenters. The maximum absolute atomic E-state index is 14.2. The number of aryl methyl sites for hydroxylation is 1. The van der Waals surface area contributed by atoms with Gasteiger partial charge in [-0.2, -0.15) is 18.3 Å². The fourth-order valence-electron chi connectivity index (χ4n) is 4.14. The lowest BCUT2D eigenvalue weighted by Gasteiger charge is -2.11. The molecule has 1 amide bonds. The second-order valence-corrected chi connectivity index (χ2v) is 8.68. The van der Waals surface area contributed by atoms with E-state index in [1.807, 2.05) is 13.8 Å². The van der Waals surface area contributed by atoms with E-state index in [1.165, 1.54) is 16.9 Å². The molecule has 13 heteroatoms. The first-order chi connectivity index (χ1) is 17.5. The lowest BCUT2D eigenvalue weighted by molar-refractivity contribution is -0.137. The summed E-state index contributed by atoms with van der Waals surface area (Å²) in [5.74, 6) is -1.57. The number of carbonyl (C=O) groups excluding carboxylic acids is 1. The number of aromatic nitrogens is 6. The average Bonchev–Trinajstić information content (AvgIpc) is 3.43. The van der Waals surface area contributed by atoms with E-state index in [-0.39, 0.29) is 17.6 Å². The van der Waals surface area contributed by atoms with Gasteiger partial charge in [0.2, 0.25) is 0 Å². The lowest BCUT2D eigenvalue weighted by atomic mass is 10.1. The number of hydrogen-bond donors (Lipinski definition) is 2. The van der Waals surface area contributed by atoms with Crippen molar-refractivity contribution in [3.63, 3.8) is 0 Å². The third kappa shape index (κ3) is 4.01. The van der Waals surface area contributed by atoms with Crippen LogP contribution in [-0.2, 0) is 6.18 Å². The van der Waals surface area contributed by atoms with Crippen LogP contribution in [0.2, 0.25) is 0 Å². The van der Waals surface area contributed by atoms with Gasteiger partial charge < -0.3 is 11.1 Å². The van der Waals surface area contributed by atoms with Crippen LogP contribution in [0.15, 0.2) is 43.0 Å². The molecule has 0 bridgehead atoms. The van der Waals surface area contributed by atoms with Crippen molar-refractivity contribution in [1.29, 1.82) is 0 Å². The van der Waals surface area contributed by atoms with Crippen LogP contribution in [0.5, 0.6) is 0 Å². The molecule has 0 spiro atoms. The van der Waals surface area contributed by atoms with Crippen LogP contribution < -0.4 is 11.1 Å². The molecule has 0 saturated heterocycles. The third-order valence-corrected chi connectivity index (χ3v) is 5.96. The molecule has 0 saturated carbocycles. The Morgan fingerprint density at radius 2 is 1.86 bits per heavy atom. The molecule has 9 nitrogen and oxygen atoms in total. The Kier molecular flexibility index (Phi) is 5.57. The van der Waals surface area contributed by atoms with Crippen molar-refractivity contribution in [3.8, 4) is 11.3 Å². The van der Waals surface area contributed by atoms with Crippen molar-refractivity contribution in [2.45, 2.75) is 33.0 Å². The van der Waals surface area contributed by atoms with Gasteiger partial charge in [0.25, 0.3) is 5.91 Å². The van der Waals surface area contributed by atoms with E-state index in [0.29, 0.717) is 51.7 Å². The Labute approximate surface area is 207 Å². The summed E-state index contributed by atoms with van der Waals surface area (Å²) in [6, 6.07) is 3.51. The lowest BCUT2D eigenvalue weighted by Crippen LogP contribution is -2.16. The summed E-state index contributed by atoms with van der Waals surface area (Å²) < 4.78 is 56.5. The summed E-state index contributed by atoms with van der Waals surface area (Å²) in [4.78, 5) is 25.6. The molecule has 37 heavy (non-hydrogen) atoms. The molecule has 0 fully saturated rings. The van der Waals surface area contributed by atoms with Gasteiger partial charge in [-0.15, -0.1) is 0 Å². The Balaban J connectivity index is 1.57. The minimum absolute atomic E-state index is 0.00174. The summed E-state index contributed by atoms with van der Waals surface area (Å²) >= 11 is 0. The van der Waals surface area contributed by atoms with Crippen molar-refractivity contribution >= 4 is 34.1 Å². The minimum Gasteiger partial charge on any atom is -0.383 e. The van der Waals surface area contributed by atoms with Gasteiger partial charge in [-0.25, -0.2) is 24.0 Å². The number of halogens is 4. The number of carbonyl (C=O) groups is 1. The van der Waals surface area contributed by atoms with Crippen molar-refractivity contribution in [1.82, 2.24) is 29.1 Å². The molecule has 5 rings (SSSR count). The molecule has 0 radical (unpaired) electrons. The Hall–Kier alpha value is -4.55. The second-order valence-electron chi connectivity index (χ2n) is 8.68. The smallest absolute Gasteiger partial charge is 0.383 e. The number of imidazole rings is 1. The minimum atomic E-state index is -4.69. The van der Waals surface area contributed by atoms with Gasteiger partial charge in [-0.1, -0.05) is 0 Å². The third-order valence-electron chi connectivity index (χ3n) is 5.96. The van der Waals surface area contributed by atoms with Crippen molar-refractivity contribution in [3.05, 3.63) is 65.6 Å². The quantitative estimate of drug-likeness (QED) is 0.327. The molecule has 4 heterocycles. The first kappa shape index (κ1) is 24.2. The highest BCUT2D eigenvalue weighted by atomic mass is 19.4. The van der Waals surface area contributed by atoms with Crippen molar-refractivity contribution in [2.75, 3.05) is 11.1 Å². The number of nitrogens with one attached hydrogen (secondary N) is 1. The summed E-state index contributed by atoms with van der Waals surface area (Å²) in [6.45, 7) is 5.70. The Morgan fingerprint density at radius 1 is 1.11 bits per heavy atom. The Morgan fingerprint density at radius 3 is 2.57 bits per heavy atom. The average molecular weight is 512 g/mol. The number of alkyl halides is 3. The molecule has 5 aromatic rings. The van der Waals surface area contributed by atoms with Crippen LogP contribution in [0, 0.1) is 12.7 Å². The molecular weight excluding hydrogens is 492 g/mol. The monoisotopic (exact) mass is 512 g/mol. The van der Waals surface area contributed by atoms with Crippen molar-refractivity contribution in [2.24, 2.45) is 0 Å². The highest BCUT2D eigenvalue weighted by molar-refractivity contribution is 6.04. The molecule has 3 N–H and O–H groups in total. The first-order valence-electron chi connectivity index (χ1n) is 11.1. The molecule has 0 atom stereocenters. The summed E-state index contributed by atoms with van der Waals surface area (Å²) in [7, 11) is 0. The molecule has 0 aliphatic carbocycles. The van der Waals surface area contributed by atoms with E-state index in [9.17, 15) is 22.4 Å². The number of benzene rings is 1. The number of rotatable bonds is 4. The molecule has 4 aromatic heterocycles. The van der Waals surface area contributed by atoms with Crippen LogP contribution in [0.4, 0.5) is 29.1 Å². The fraction of sp³-hybridized carbons (Fsp3) is 0.208. The number of anilines is 2. The summed E-state index contributed by atoms with van der Waals surface area (Å²) in [5, 5.41) is 7.49. The normalized spacial score (nSPS) is 12.1. The Bertz CT molecular complexity index is 1690. The van der Waals surface area contributed by atoms with Crippen LogP contribution in [0.1, 0.15) is 41.5 Å². The van der Waals surface area contributed by atoms with Crippen LogP contribution in [-0.4, -0.2) is 35.0 Å². The van der Waals surface area contributed by atoms with Crippen LogP contribution in [0.3, 0.4) is 0 Å².